The van der Waals surface area contributed by atoms with Crippen molar-refractivity contribution in [1.82, 2.24) is 30.2 Å². The number of hydrogen-bond acceptors (Lipinski definition) is 6. The Balaban J connectivity index is 1.80. The van der Waals surface area contributed by atoms with Crippen molar-refractivity contribution in [2.75, 3.05) is 0 Å². The number of rotatable bonds is 4. The summed E-state index contributed by atoms with van der Waals surface area (Å²) in [6.45, 7) is 7.83. The lowest BCUT2D eigenvalue weighted by Crippen LogP contribution is -2.48. The number of amides is 1. The SMILES string of the molecule is Cc1nc(C2(NC(=O)c3cc(C(C)C)nc4c3c(C)nn4C)CCCCC2)no1. The lowest BCUT2D eigenvalue weighted by Gasteiger charge is -2.35. The van der Waals surface area contributed by atoms with Gasteiger partial charge in [-0.2, -0.15) is 10.1 Å². The molecule has 1 saturated carbocycles. The minimum Gasteiger partial charge on any atom is -0.340 e. The summed E-state index contributed by atoms with van der Waals surface area (Å²) < 4.78 is 6.98. The molecule has 3 aromatic heterocycles. The van der Waals surface area contributed by atoms with Gasteiger partial charge in [0.2, 0.25) is 5.89 Å². The van der Waals surface area contributed by atoms with Crippen LogP contribution in [0.15, 0.2) is 10.6 Å². The van der Waals surface area contributed by atoms with Crippen molar-refractivity contribution in [2.45, 2.75) is 71.3 Å². The first-order valence-electron chi connectivity index (χ1n) is 10.3. The van der Waals surface area contributed by atoms with Crippen molar-refractivity contribution in [1.29, 1.82) is 0 Å². The molecule has 0 saturated heterocycles. The second kappa shape index (κ2) is 7.24. The number of pyridine rings is 1. The normalized spacial score (nSPS) is 16.5. The largest absolute Gasteiger partial charge is 0.340 e. The summed E-state index contributed by atoms with van der Waals surface area (Å²) in [6, 6.07) is 1.90. The Bertz CT molecular complexity index is 1060. The lowest BCUT2D eigenvalue weighted by atomic mass is 9.80. The monoisotopic (exact) mass is 396 g/mol. The zero-order valence-corrected chi connectivity index (χ0v) is 17.7. The fraction of sp³-hybridized carbons (Fsp3) is 0.571. The fourth-order valence-electron chi connectivity index (χ4n) is 4.28. The molecule has 8 nitrogen and oxygen atoms in total. The topological polar surface area (TPSA) is 98.7 Å². The molecular formula is C21H28N6O2. The third-order valence-corrected chi connectivity index (χ3v) is 5.84. The maximum atomic E-state index is 13.6. The highest BCUT2D eigenvalue weighted by molar-refractivity contribution is 6.06. The van der Waals surface area contributed by atoms with Crippen molar-refractivity contribution in [3.8, 4) is 0 Å². The van der Waals surface area contributed by atoms with E-state index in [2.05, 4.69) is 34.4 Å². The lowest BCUT2D eigenvalue weighted by molar-refractivity contribution is 0.0857. The maximum Gasteiger partial charge on any atom is 0.252 e. The molecule has 0 spiro atoms. The summed E-state index contributed by atoms with van der Waals surface area (Å²) in [5, 5.41) is 12.7. The number of nitrogens with zero attached hydrogens (tertiary/aromatic N) is 5. The summed E-state index contributed by atoms with van der Waals surface area (Å²) in [5.41, 5.74) is 2.40. The molecule has 0 aliphatic heterocycles. The number of nitrogens with one attached hydrogen (secondary N) is 1. The molecule has 1 amide bonds. The molecule has 1 aliphatic rings. The minimum atomic E-state index is -0.600. The second-order valence-electron chi connectivity index (χ2n) is 8.39. The Kier molecular flexibility index (Phi) is 4.88. The van der Waals surface area contributed by atoms with Crippen LogP contribution < -0.4 is 5.32 Å². The number of carbonyl (C=O) groups excluding carboxylic acids is 1. The standard InChI is InChI=1S/C21H28N6O2/c1-12(2)16-11-15(17-13(3)25-27(5)18(17)23-16)19(28)24-21(9-7-6-8-10-21)20-22-14(4)29-26-20/h11-12H,6-10H2,1-5H3,(H,24,28). The van der Waals surface area contributed by atoms with E-state index in [-0.39, 0.29) is 11.8 Å². The second-order valence-corrected chi connectivity index (χ2v) is 8.39. The number of fused-ring (bicyclic) bond motifs is 1. The zero-order valence-electron chi connectivity index (χ0n) is 17.7. The zero-order chi connectivity index (χ0) is 20.8. The third-order valence-electron chi connectivity index (χ3n) is 5.84. The maximum absolute atomic E-state index is 13.6. The average molecular weight is 396 g/mol. The predicted octanol–water partition coefficient (Wildman–Crippen LogP) is 3.68. The molecule has 1 fully saturated rings. The molecule has 154 valence electrons. The highest BCUT2D eigenvalue weighted by atomic mass is 16.5. The molecular weight excluding hydrogens is 368 g/mol. The third kappa shape index (κ3) is 3.41. The molecule has 3 heterocycles. The van der Waals surface area contributed by atoms with Crippen molar-refractivity contribution in [3.05, 3.63) is 34.7 Å². The highest BCUT2D eigenvalue weighted by Gasteiger charge is 2.40. The van der Waals surface area contributed by atoms with Gasteiger partial charge >= 0.3 is 0 Å². The van der Waals surface area contributed by atoms with Crippen molar-refractivity contribution in [3.63, 3.8) is 0 Å². The van der Waals surface area contributed by atoms with Crippen molar-refractivity contribution in [2.24, 2.45) is 7.05 Å². The van der Waals surface area contributed by atoms with Gasteiger partial charge in [-0.05, 0) is 31.7 Å². The van der Waals surface area contributed by atoms with E-state index in [1.807, 2.05) is 20.0 Å². The molecule has 1 aliphatic carbocycles. The van der Waals surface area contributed by atoms with Gasteiger partial charge in [-0.1, -0.05) is 38.3 Å². The van der Waals surface area contributed by atoms with Crippen molar-refractivity contribution >= 4 is 16.9 Å². The van der Waals surface area contributed by atoms with Gasteiger partial charge in [-0.15, -0.1) is 0 Å². The molecule has 0 atom stereocenters. The van der Waals surface area contributed by atoms with Gasteiger partial charge in [0.1, 0.15) is 5.54 Å². The molecule has 0 aromatic carbocycles. The van der Waals surface area contributed by atoms with Crippen LogP contribution in [-0.2, 0) is 12.6 Å². The molecule has 3 aromatic rings. The van der Waals surface area contributed by atoms with Crippen LogP contribution in [0.3, 0.4) is 0 Å². The van der Waals surface area contributed by atoms with Crippen LogP contribution >= 0.6 is 0 Å². The molecule has 1 N–H and O–H groups in total. The number of aromatic nitrogens is 5. The Labute approximate surface area is 170 Å². The number of carbonyl (C=O) groups is 1. The van der Waals surface area contributed by atoms with E-state index in [1.54, 1.807) is 11.6 Å². The number of hydrogen-bond donors (Lipinski definition) is 1. The first kappa shape index (κ1) is 19.5. The minimum absolute atomic E-state index is 0.139. The van der Waals surface area contributed by atoms with Crippen LogP contribution in [0, 0.1) is 13.8 Å². The van der Waals surface area contributed by atoms with Gasteiger partial charge in [-0.3, -0.25) is 9.48 Å². The van der Waals surface area contributed by atoms with Crippen LogP contribution in [-0.4, -0.2) is 30.8 Å². The summed E-state index contributed by atoms with van der Waals surface area (Å²) >= 11 is 0. The summed E-state index contributed by atoms with van der Waals surface area (Å²) in [7, 11) is 1.86. The Hall–Kier alpha value is -2.77. The first-order chi connectivity index (χ1) is 13.8. The van der Waals surface area contributed by atoms with E-state index in [0.717, 1.165) is 54.5 Å². The van der Waals surface area contributed by atoms with E-state index in [1.165, 1.54) is 0 Å². The van der Waals surface area contributed by atoms with Crippen LogP contribution in [0.1, 0.15) is 85.3 Å². The number of aryl methyl sites for hydroxylation is 3. The van der Waals surface area contributed by atoms with Crippen LogP contribution in [0.2, 0.25) is 0 Å². The summed E-state index contributed by atoms with van der Waals surface area (Å²) in [6.07, 6.45) is 4.78. The molecule has 29 heavy (non-hydrogen) atoms. The van der Waals surface area contributed by atoms with Crippen molar-refractivity contribution < 1.29 is 9.32 Å². The summed E-state index contributed by atoms with van der Waals surface area (Å²) in [4.78, 5) is 22.8. The van der Waals surface area contributed by atoms with E-state index < -0.39 is 5.54 Å². The van der Waals surface area contributed by atoms with Gasteiger partial charge in [-0.25, -0.2) is 4.98 Å². The Morgan fingerprint density at radius 3 is 2.55 bits per heavy atom. The van der Waals surface area contributed by atoms with Gasteiger partial charge < -0.3 is 9.84 Å². The van der Waals surface area contributed by atoms with E-state index in [0.29, 0.717) is 17.3 Å². The van der Waals surface area contributed by atoms with Gasteiger partial charge in [0.05, 0.1) is 16.6 Å². The molecule has 4 rings (SSSR count). The first-order valence-corrected chi connectivity index (χ1v) is 10.3. The van der Waals surface area contributed by atoms with Crippen LogP contribution in [0.25, 0.3) is 11.0 Å². The van der Waals surface area contributed by atoms with Gasteiger partial charge in [0, 0.05) is 19.7 Å². The molecule has 8 heteroatoms. The Morgan fingerprint density at radius 2 is 1.93 bits per heavy atom. The van der Waals surface area contributed by atoms with Crippen LogP contribution in [0.4, 0.5) is 0 Å². The van der Waals surface area contributed by atoms with Gasteiger partial charge in [0.15, 0.2) is 11.5 Å². The molecule has 0 unspecified atom stereocenters. The van der Waals surface area contributed by atoms with Gasteiger partial charge in [0.25, 0.3) is 5.91 Å². The fourth-order valence-corrected chi connectivity index (χ4v) is 4.28. The van der Waals surface area contributed by atoms with E-state index >= 15 is 0 Å². The molecule has 0 bridgehead atoms. The Morgan fingerprint density at radius 1 is 1.21 bits per heavy atom. The smallest absolute Gasteiger partial charge is 0.252 e. The van der Waals surface area contributed by atoms with E-state index in [4.69, 9.17) is 9.51 Å². The average Bonchev–Trinajstić information content (AvgIpc) is 3.25. The highest BCUT2D eigenvalue weighted by Crippen LogP contribution is 2.36. The summed E-state index contributed by atoms with van der Waals surface area (Å²) in [5.74, 6) is 1.14. The van der Waals surface area contributed by atoms with Crippen LogP contribution in [0.5, 0.6) is 0 Å². The quantitative estimate of drug-likeness (QED) is 0.722. The molecule has 0 radical (unpaired) electrons. The van der Waals surface area contributed by atoms with E-state index in [9.17, 15) is 4.79 Å². The predicted molar refractivity (Wildman–Crippen MR) is 109 cm³/mol.